The highest BCUT2D eigenvalue weighted by atomic mass is 16.1. The van der Waals surface area contributed by atoms with Crippen LogP contribution in [0.25, 0.3) is 16.4 Å². The molecule has 0 atom stereocenters. The zero-order valence-corrected chi connectivity index (χ0v) is 9.40. The molecule has 5 nitrogen and oxygen atoms in total. The molecule has 0 bridgehead atoms. The predicted octanol–water partition coefficient (Wildman–Crippen LogP) is 0.895. The summed E-state index contributed by atoms with van der Waals surface area (Å²) < 4.78 is 1.41. The third kappa shape index (κ3) is 1.52. The number of H-pyrrole nitrogens is 1. The van der Waals surface area contributed by atoms with E-state index in [1.165, 1.54) is 4.52 Å². The molecule has 2 aromatic heterocycles. The maximum absolute atomic E-state index is 11.8. The molecule has 0 saturated carbocycles. The minimum absolute atomic E-state index is 0.207. The van der Waals surface area contributed by atoms with Crippen molar-refractivity contribution in [1.82, 2.24) is 19.9 Å². The van der Waals surface area contributed by atoms with Gasteiger partial charge in [0.2, 0.25) is 0 Å². The summed E-state index contributed by atoms with van der Waals surface area (Å²) in [4.78, 5) is 14.6. The van der Waals surface area contributed by atoms with Gasteiger partial charge >= 0.3 is 5.69 Å². The fraction of sp³-hybridized carbons (Fsp3) is 0.167. The minimum atomic E-state index is -0.207. The van der Waals surface area contributed by atoms with Crippen LogP contribution in [-0.4, -0.2) is 21.6 Å². The van der Waals surface area contributed by atoms with Crippen LogP contribution < -0.4 is 11.0 Å². The number of aromatic amines is 1. The largest absolute Gasteiger partial charge is 0.347 e. The topological polar surface area (TPSA) is 62.2 Å². The van der Waals surface area contributed by atoms with Gasteiger partial charge in [0.1, 0.15) is 0 Å². The van der Waals surface area contributed by atoms with Gasteiger partial charge in [0, 0.05) is 11.9 Å². The van der Waals surface area contributed by atoms with Gasteiger partial charge in [-0.05, 0) is 19.2 Å². The van der Waals surface area contributed by atoms with E-state index in [0.29, 0.717) is 6.54 Å². The number of rotatable bonds is 2. The number of aromatic nitrogens is 3. The molecule has 0 aliphatic carbocycles. The first kappa shape index (κ1) is 10.0. The normalized spacial score (nSPS) is 11.4. The van der Waals surface area contributed by atoms with Gasteiger partial charge in [-0.3, -0.25) is 0 Å². The Labute approximate surface area is 97.1 Å². The maximum atomic E-state index is 11.8. The number of nitrogens with zero attached hydrogens (tertiary/aromatic N) is 2. The third-order valence-corrected chi connectivity index (χ3v) is 2.75. The highest BCUT2D eigenvalue weighted by Gasteiger charge is 2.07. The molecule has 0 saturated heterocycles. The number of nitrogens with one attached hydrogen (secondary N) is 2. The van der Waals surface area contributed by atoms with Gasteiger partial charge < -0.3 is 10.3 Å². The summed E-state index contributed by atoms with van der Waals surface area (Å²) in [5.41, 5.74) is 2.32. The van der Waals surface area contributed by atoms with Gasteiger partial charge in [-0.25, -0.2) is 4.79 Å². The molecule has 17 heavy (non-hydrogen) atoms. The third-order valence-electron chi connectivity index (χ3n) is 2.75. The van der Waals surface area contributed by atoms with Crippen molar-refractivity contribution < 1.29 is 0 Å². The summed E-state index contributed by atoms with van der Waals surface area (Å²) in [6.07, 6.45) is 0. The number of benzene rings is 1. The van der Waals surface area contributed by atoms with Gasteiger partial charge in [-0.1, -0.05) is 18.2 Å². The second-order valence-electron chi connectivity index (χ2n) is 3.94. The van der Waals surface area contributed by atoms with Crippen molar-refractivity contribution in [3.8, 4) is 0 Å². The lowest BCUT2D eigenvalue weighted by molar-refractivity contribution is 0.758. The van der Waals surface area contributed by atoms with Crippen LogP contribution in [0.4, 0.5) is 0 Å². The van der Waals surface area contributed by atoms with Crippen molar-refractivity contribution in [1.29, 1.82) is 0 Å². The van der Waals surface area contributed by atoms with E-state index in [1.807, 2.05) is 37.4 Å². The SMILES string of the molecule is CNCc1cc2c3ccccc3[nH]c(=O)n2n1. The monoisotopic (exact) mass is 228 g/mol. The van der Waals surface area contributed by atoms with E-state index in [4.69, 9.17) is 0 Å². The number of hydrogen-bond donors (Lipinski definition) is 2. The Kier molecular flexibility index (Phi) is 2.19. The summed E-state index contributed by atoms with van der Waals surface area (Å²) in [6, 6.07) is 9.66. The Morgan fingerprint density at radius 2 is 2.24 bits per heavy atom. The lowest BCUT2D eigenvalue weighted by Crippen LogP contribution is -2.17. The number of fused-ring (bicyclic) bond motifs is 3. The molecular formula is C12H12N4O. The van der Waals surface area contributed by atoms with E-state index in [1.54, 1.807) is 0 Å². The van der Waals surface area contributed by atoms with E-state index in [-0.39, 0.29) is 5.69 Å². The van der Waals surface area contributed by atoms with Crippen molar-refractivity contribution in [2.75, 3.05) is 7.05 Å². The molecule has 86 valence electrons. The first-order valence-corrected chi connectivity index (χ1v) is 5.44. The fourth-order valence-electron chi connectivity index (χ4n) is 2.03. The van der Waals surface area contributed by atoms with E-state index >= 15 is 0 Å². The quantitative estimate of drug-likeness (QED) is 0.685. The van der Waals surface area contributed by atoms with Crippen LogP contribution in [0.5, 0.6) is 0 Å². The summed E-state index contributed by atoms with van der Waals surface area (Å²) >= 11 is 0. The second kappa shape index (κ2) is 3.71. The molecule has 3 aromatic rings. The highest BCUT2D eigenvalue weighted by Crippen LogP contribution is 2.16. The van der Waals surface area contributed by atoms with Crippen LogP contribution in [0.15, 0.2) is 35.1 Å². The Morgan fingerprint density at radius 1 is 1.41 bits per heavy atom. The van der Waals surface area contributed by atoms with Crippen LogP contribution in [-0.2, 0) is 6.54 Å². The Hall–Kier alpha value is -2.14. The van der Waals surface area contributed by atoms with E-state index in [0.717, 1.165) is 22.1 Å². The lowest BCUT2D eigenvalue weighted by Gasteiger charge is -1.98. The van der Waals surface area contributed by atoms with Crippen LogP contribution in [0.3, 0.4) is 0 Å². The number of para-hydroxylation sites is 1. The van der Waals surface area contributed by atoms with E-state index in [2.05, 4.69) is 15.4 Å². The zero-order valence-electron chi connectivity index (χ0n) is 9.40. The smallest absolute Gasteiger partial charge is 0.314 e. The van der Waals surface area contributed by atoms with Gasteiger partial charge in [-0.2, -0.15) is 9.61 Å². The summed E-state index contributed by atoms with van der Waals surface area (Å²) in [5.74, 6) is 0. The second-order valence-corrected chi connectivity index (χ2v) is 3.94. The average molecular weight is 228 g/mol. The highest BCUT2D eigenvalue weighted by molar-refractivity contribution is 5.93. The van der Waals surface area contributed by atoms with E-state index in [9.17, 15) is 4.79 Å². The van der Waals surface area contributed by atoms with Crippen molar-refractivity contribution >= 4 is 16.4 Å². The molecule has 0 spiro atoms. The van der Waals surface area contributed by atoms with Gasteiger partial charge in [-0.15, -0.1) is 0 Å². The molecule has 3 rings (SSSR count). The molecule has 0 aliphatic heterocycles. The Morgan fingerprint density at radius 3 is 3.06 bits per heavy atom. The minimum Gasteiger partial charge on any atom is -0.314 e. The Bertz CT molecular complexity index is 741. The van der Waals surface area contributed by atoms with Crippen LogP contribution in [0, 0.1) is 0 Å². The van der Waals surface area contributed by atoms with Gasteiger partial charge in [0.05, 0.1) is 16.7 Å². The first-order valence-electron chi connectivity index (χ1n) is 5.44. The molecule has 0 unspecified atom stereocenters. The predicted molar refractivity (Wildman–Crippen MR) is 66.1 cm³/mol. The maximum Gasteiger partial charge on any atom is 0.347 e. The van der Waals surface area contributed by atoms with Crippen molar-refractivity contribution in [3.05, 3.63) is 46.5 Å². The molecule has 0 fully saturated rings. The Balaban J connectivity index is 2.43. The molecule has 1 aromatic carbocycles. The summed E-state index contributed by atoms with van der Waals surface area (Å²) in [5, 5.41) is 8.29. The molecule has 0 amide bonds. The number of hydrogen-bond acceptors (Lipinski definition) is 3. The first-order chi connectivity index (χ1) is 8.29. The summed E-state index contributed by atoms with van der Waals surface area (Å²) in [7, 11) is 1.85. The molecule has 0 aliphatic rings. The summed E-state index contributed by atoms with van der Waals surface area (Å²) in [6.45, 7) is 0.648. The molecule has 2 N–H and O–H groups in total. The standard InChI is InChI=1S/C12H12N4O/c1-13-7-8-6-11-9-4-2-3-5-10(9)14-12(17)16(11)15-8/h2-6,13H,7H2,1H3,(H,14,17). The van der Waals surface area contributed by atoms with Gasteiger partial charge in [0.25, 0.3) is 0 Å². The molecule has 0 radical (unpaired) electrons. The van der Waals surface area contributed by atoms with Gasteiger partial charge in [0.15, 0.2) is 0 Å². The van der Waals surface area contributed by atoms with Crippen LogP contribution >= 0.6 is 0 Å². The van der Waals surface area contributed by atoms with Crippen LogP contribution in [0.2, 0.25) is 0 Å². The lowest BCUT2D eigenvalue weighted by atomic mass is 10.2. The van der Waals surface area contributed by atoms with Crippen molar-refractivity contribution in [2.45, 2.75) is 6.54 Å². The fourth-order valence-corrected chi connectivity index (χ4v) is 2.03. The molecule has 5 heteroatoms. The molecular weight excluding hydrogens is 216 g/mol. The van der Waals surface area contributed by atoms with Crippen molar-refractivity contribution in [2.24, 2.45) is 0 Å². The van der Waals surface area contributed by atoms with E-state index < -0.39 is 0 Å². The zero-order chi connectivity index (χ0) is 11.8. The van der Waals surface area contributed by atoms with Crippen LogP contribution in [0.1, 0.15) is 5.69 Å². The molecule has 2 heterocycles. The van der Waals surface area contributed by atoms with Crippen molar-refractivity contribution in [3.63, 3.8) is 0 Å². The average Bonchev–Trinajstić information content (AvgIpc) is 2.74.